The standard InChI is InChI=1S/C30H31F2N7O2/c1-4-18-21(31)7-8-22-24(18)19(14-23(40)35-22)26-25(32)27-20(15-34-26)28(38(3)16-17-6-5-11-33-17)37-29(36-27)39-12-9-30(2,41)10-13-39/h1,7-8,14-15,17,33,41H,5-6,9-13,16H2,2-3H3,(H,35,40)/t17-/m1/s1. The lowest BCUT2D eigenvalue weighted by molar-refractivity contribution is 0.0349. The molecule has 1 aromatic carbocycles. The molecule has 5 heterocycles. The van der Waals surface area contributed by atoms with Gasteiger partial charge in [0.1, 0.15) is 22.8 Å². The monoisotopic (exact) mass is 559 g/mol. The molecule has 0 saturated carbocycles. The van der Waals surface area contributed by atoms with Crippen LogP contribution >= 0.6 is 0 Å². The van der Waals surface area contributed by atoms with E-state index in [0.717, 1.165) is 25.5 Å². The summed E-state index contributed by atoms with van der Waals surface area (Å²) in [5.41, 5.74) is -1.15. The second-order valence-electron chi connectivity index (χ2n) is 11.2. The number of anilines is 2. The summed E-state index contributed by atoms with van der Waals surface area (Å²) in [7, 11) is 1.91. The van der Waals surface area contributed by atoms with Gasteiger partial charge in [0.15, 0.2) is 5.82 Å². The number of pyridine rings is 2. The zero-order valence-corrected chi connectivity index (χ0v) is 23.0. The van der Waals surface area contributed by atoms with Crippen LogP contribution in [0.5, 0.6) is 0 Å². The van der Waals surface area contributed by atoms with E-state index in [-0.39, 0.29) is 39.3 Å². The minimum atomic E-state index is -0.783. The minimum absolute atomic E-state index is 0.0330. The van der Waals surface area contributed by atoms with Crippen LogP contribution in [0.15, 0.2) is 29.2 Å². The maximum atomic E-state index is 16.6. The number of hydrogen-bond acceptors (Lipinski definition) is 8. The highest BCUT2D eigenvalue weighted by molar-refractivity contribution is 6.00. The van der Waals surface area contributed by atoms with Gasteiger partial charge in [-0.25, -0.2) is 13.8 Å². The van der Waals surface area contributed by atoms with Crippen LogP contribution in [0.25, 0.3) is 33.1 Å². The minimum Gasteiger partial charge on any atom is -0.390 e. The number of fused-ring (bicyclic) bond motifs is 2. The van der Waals surface area contributed by atoms with Crippen molar-refractivity contribution >= 4 is 33.6 Å². The largest absolute Gasteiger partial charge is 0.390 e. The number of halogens is 2. The van der Waals surface area contributed by atoms with Crippen molar-refractivity contribution in [3.63, 3.8) is 0 Å². The van der Waals surface area contributed by atoms with Gasteiger partial charge in [-0.3, -0.25) is 9.78 Å². The van der Waals surface area contributed by atoms with Crippen molar-refractivity contribution < 1.29 is 13.9 Å². The highest BCUT2D eigenvalue weighted by Gasteiger charge is 2.30. The fraction of sp³-hybridized carbons (Fsp3) is 0.400. The van der Waals surface area contributed by atoms with E-state index in [1.54, 1.807) is 6.92 Å². The Hall–Kier alpha value is -4.14. The molecule has 3 aromatic heterocycles. The number of terminal acetylenes is 1. The molecule has 4 aromatic rings. The van der Waals surface area contributed by atoms with E-state index in [9.17, 15) is 14.3 Å². The van der Waals surface area contributed by atoms with Crippen LogP contribution in [0, 0.1) is 24.0 Å². The third-order valence-electron chi connectivity index (χ3n) is 8.15. The molecule has 11 heteroatoms. The van der Waals surface area contributed by atoms with Gasteiger partial charge in [-0.15, -0.1) is 6.42 Å². The first-order valence-corrected chi connectivity index (χ1v) is 13.8. The van der Waals surface area contributed by atoms with Gasteiger partial charge >= 0.3 is 0 Å². The van der Waals surface area contributed by atoms with E-state index in [0.29, 0.717) is 49.6 Å². The van der Waals surface area contributed by atoms with Crippen LogP contribution in [0.2, 0.25) is 0 Å². The van der Waals surface area contributed by atoms with Gasteiger partial charge in [0, 0.05) is 55.9 Å². The molecule has 2 fully saturated rings. The van der Waals surface area contributed by atoms with E-state index < -0.39 is 22.8 Å². The smallest absolute Gasteiger partial charge is 0.249 e. The summed E-state index contributed by atoms with van der Waals surface area (Å²) in [5, 5.41) is 14.6. The number of hydrogen-bond donors (Lipinski definition) is 3. The first-order chi connectivity index (χ1) is 19.6. The molecular weight excluding hydrogens is 528 g/mol. The van der Waals surface area contributed by atoms with Crippen molar-refractivity contribution in [2.24, 2.45) is 0 Å². The SMILES string of the molecule is C#Cc1c(F)ccc2[nH]c(=O)cc(-c3ncc4c(N(C)C[C@H]5CCCN5)nc(N5CCC(C)(O)CC5)nc4c3F)c12. The lowest BCUT2D eigenvalue weighted by Gasteiger charge is -2.36. The average molecular weight is 560 g/mol. The van der Waals surface area contributed by atoms with Crippen LogP contribution in [0.4, 0.5) is 20.5 Å². The molecule has 0 spiro atoms. The summed E-state index contributed by atoms with van der Waals surface area (Å²) in [6.07, 6.45) is 10.3. The zero-order valence-electron chi connectivity index (χ0n) is 23.0. The molecule has 9 nitrogen and oxygen atoms in total. The summed E-state index contributed by atoms with van der Waals surface area (Å²) in [6.45, 7) is 4.43. The number of nitrogens with one attached hydrogen (secondary N) is 2. The van der Waals surface area contributed by atoms with E-state index in [1.807, 2.05) is 16.8 Å². The van der Waals surface area contributed by atoms with Gasteiger partial charge in [0.25, 0.3) is 0 Å². The number of nitrogens with zero attached hydrogens (tertiary/aromatic N) is 5. The van der Waals surface area contributed by atoms with Crippen molar-refractivity contribution in [2.45, 2.75) is 44.2 Å². The molecule has 2 aliphatic rings. The number of aromatic nitrogens is 4. The molecule has 3 N–H and O–H groups in total. The van der Waals surface area contributed by atoms with Crippen LogP contribution < -0.4 is 20.7 Å². The number of aliphatic hydroxyl groups is 1. The van der Waals surface area contributed by atoms with Crippen molar-refractivity contribution in [1.82, 2.24) is 25.3 Å². The van der Waals surface area contributed by atoms with Crippen molar-refractivity contribution in [3.05, 3.63) is 51.9 Å². The third-order valence-corrected chi connectivity index (χ3v) is 8.15. The lowest BCUT2D eigenvalue weighted by atomic mass is 9.94. The predicted molar refractivity (Wildman–Crippen MR) is 155 cm³/mol. The first-order valence-electron chi connectivity index (χ1n) is 13.8. The highest BCUT2D eigenvalue weighted by atomic mass is 19.1. The number of likely N-dealkylation sites (N-methyl/N-ethyl adjacent to an activating group) is 1. The average Bonchev–Trinajstić information content (AvgIpc) is 3.46. The number of H-pyrrole nitrogens is 1. The molecule has 2 saturated heterocycles. The Labute approximate surface area is 235 Å². The summed E-state index contributed by atoms with van der Waals surface area (Å²) in [6, 6.07) is 4.01. The Balaban J connectivity index is 1.55. The molecule has 0 bridgehead atoms. The van der Waals surface area contributed by atoms with Crippen molar-refractivity contribution in [1.29, 1.82) is 0 Å². The molecule has 6 rings (SSSR count). The Morgan fingerprint density at radius 2 is 2.05 bits per heavy atom. The molecule has 0 radical (unpaired) electrons. The van der Waals surface area contributed by atoms with E-state index in [4.69, 9.17) is 11.4 Å². The normalized spacial score (nSPS) is 18.6. The van der Waals surface area contributed by atoms with Crippen molar-refractivity contribution in [3.8, 4) is 23.6 Å². The highest BCUT2D eigenvalue weighted by Crippen LogP contribution is 2.36. The molecule has 1 atom stereocenters. The lowest BCUT2D eigenvalue weighted by Crippen LogP contribution is -2.43. The quantitative estimate of drug-likeness (QED) is 0.320. The molecule has 212 valence electrons. The van der Waals surface area contributed by atoms with E-state index >= 15 is 4.39 Å². The molecule has 0 aliphatic carbocycles. The second-order valence-corrected chi connectivity index (χ2v) is 11.2. The zero-order chi connectivity index (χ0) is 28.9. The Kier molecular flexibility index (Phi) is 6.83. The fourth-order valence-corrected chi connectivity index (χ4v) is 5.83. The Morgan fingerprint density at radius 3 is 2.76 bits per heavy atom. The first kappa shape index (κ1) is 27.1. The number of piperidine rings is 1. The Bertz CT molecular complexity index is 1750. The van der Waals surface area contributed by atoms with Gasteiger partial charge < -0.3 is 25.2 Å². The number of benzene rings is 1. The van der Waals surface area contributed by atoms with Crippen molar-refractivity contribution in [2.75, 3.05) is 43.0 Å². The van der Waals surface area contributed by atoms with Crippen LogP contribution in [0.3, 0.4) is 0 Å². The number of aromatic amines is 1. The summed E-state index contributed by atoms with van der Waals surface area (Å²) in [4.78, 5) is 33.0. The van der Waals surface area contributed by atoms with Gasteiger partial charge in [0.05, 0.1) is 22.1 Å². The van der Waals surface area contributed by atoms with Gasteiger partial charge in [0.2, 0.25) is 11.5 Å². The van der Waals surface area contributed by atoms with Crippen LogP contribution in [-0.2, 0) is 0 Å². The van der Waals surface area contributed by atoms with E-state index in [1.165, 1.54) is 18.3 Å². The molecule has 2 aliphatic heterocycles. The van der Waals surface area contributed by atoms with Crippen LogP contribution in [0.1, 0.15) is 38.2 Å². The maximum absolute atomic E-state index is 16.6. The maximum Gasteiger partial charge on any atom is 0.249 e. The van der Waals surface area contributed by atoms with Gasteiger partial charge in [-0.05, 0) is 51.3 Å². The summed E-state index contributed by atoms with van der Waals surface area (Å²) >= 11 is 0. The Morgan fingerprint density at radius 1 is 1.27 bits per heavy atom. The van der Waals surface area contributed by atoms with Gasteiger partial charge in [-0.1, -0.05) is 5.92 Å². The number of rotatable bonds is 5. The predicted octanol–water partition coefficient (Wildman–Crippen LogP) is 3.33. The van der Waals surface area contributed by atoms with Gasteiger partial charge in [-0.2, -0.15) is 4.98 Å². The topological polar surface area (TPSA) is 110 Å². The summed E-state index contributed by atoms with van der Waals surface area (Å²) in [5.74, 6) is 1.78. The molecule has 0 unspecified atom stereocenters. The van der Waals surface area contributed by atoms with Crippen LogP contribution in [-0.4, -0.2) is 69.9 Å². The molecular formula is C30H31F2N7O2. The second kappa shape index (κ2) is 10.4. The third kappa shape index (κ3) is 4.98. The molecule has 0 amide bonds. The summed E-state index contributed by atoms with van der Waals surface area (Å²) < 4.78 is 31.3. The van der Waals surface area contributed by atoms with E-state index in [2.05, 4.69) is 26.2 Å². The molecule has 41 heavy (non-hydrogen) atoms. The fourth-order valence-electron chi connectivity index (χ4n) is 5.83.